The highest BCUT2D eigenvalue weighted by atomic mass is 79.9. The number of carbonyl (C=O) groups is 1. The van der Waals surface area contributed by atoms with Crippen molar-refractivity contribution in [1.82, 2.24) is 0 Å². The molecule has 0 aliphatic carbocycles. The maximum Gasteiger partial charge on any atom is 0.204 e. The summed E-state index contributed by atoms with van der Waals surface area (Å²) in [6.07, 6.45) is 0.979. The van der Waals surface area contributed by atoms with Crippen LogP contribution in [-0.2, 0) is 6.42 Å². The predicted molar refractivity (Wildman–Crippen MR) is 76.0 cm³/mol. The van der Waals surface area contributed by atoms with Crippen molar-refractivity contribution in [2.45, 2.75) is 20.3 Å². The second-order valence-corrected chi connectivity index (χ2v) is 5.95. The number of ketones is 1. The Hall–Kier alpha value is -0.930. The van der Waals surface area contributed by atoms with Gasteiger partial charge in [-0.25, -0.2) is 0 Å². The largest absolute Gasteiger partial charge is 0.288 e. The van der Waals surface area contributed by atoms with Gasteiger partial charge in [0.15, 0.2) is 0 Å². The number of hydrogen-bond donors (Lipinski definition) is 0. The number of carbonyl (C=O) groups excluding carboxylic acids is 1. The second kappa shape index (κ2) is 5.15. The molecule has 0 saturated heterocycles. The Kier molecular flexibility index (Phi) is 3.79. The van der Waals surface area contributed by atoms with Crippen LogP contribution in [0.4, 0.5) is 0 Å². The highest BCUT2D eigenvalue weighted by Crippen LogP contribution is 2.25. The van der Waals surface area contributed by atoms with E-state index in [2.05, 4.69) is 22.9 Å². The predicted octanol–water partition coefficient (Wildman–Crippen LogP) is 4.61. The molecule has 0 atom stereocenters. The zero-order valence-corrected chi connectivity index (χ0v) is 12.2. The molecular formula is C14H13BrOS. The van der Waals surface area contributed by atoms with Gasteiger partial charge in [0, 0.05) is 14.9 Å². The van der Waals surface area contributed by atoms with Crippen molar-refractivity contribution in [2.75, 3.05) is 0 Å². The first kappa shape index (κ1) is 12.5. The molecule has 1 nitrogen and oxygen atoms in total. The van der Waals surface area contributed by atoms with Crippen LogP contribution in [-0.4, -0.2) is 5.78 Å². The highest BCUT2D eigenvalue weighted by molar-refractivity contribution is 9.10. The Balaban J connectivity index is 2.36. The van der Waals surface area contributed by atoms with E-state index in [4.69, 9.17) is 0 Å². The van der Waals surface area contributed by atoms with Gasteiger partial charge in [0.05, 0.1) is 4.88 Å². The zero-order chi connectivity index (χ0) is 12.4. The van der Waals surface area contributed by atoms with Crippen LogP contribution in [0.3, 0.4) is 0 Å². The monoisotopic (exact) mass is 308 g/mol. The fourth-order valence-electron chi connectivity index (χ4n) is 1.63. The standard InChI is InChI=1S/C14H13BrOS/c1-3-10-5-7-13(17-10)14(16)11-6-4-9(2)8-12(11)15/h4-8H,3H2,1-2H3. The summed E-state index contributed by atoms with van der Waals surface area (Å²) in [4.78, 5) is 14.3. The maximum atomic E-state index is 12.3. The van der Waals surface area contributed by atoms with Gasteiger partial charge in [0.25, 0.3) is 0 Å². The van der Waals surface area contributed by atoms with Crippen molar-refractivity contribution in [3.05, 3.63) is 55.7 Å². The number of thiophene rings is 1. The van der Waals surface area contributed by atoms with Crippen LogP contribution in [0.5, 0.6) is 0 Å². The molecular weight excluding hydrogens is 296 g/mol. The molecule has 0 saturated carbocycles. The lowest BCUT2D eigenvalue weighted by Gasteiger charge is -2.02. The molecule has 0 fully saturated rings. The first-order chi connectivity index (χ1) is 8.11. The molecule has 1 heterocycles. The minimum Gasteiger partial charge on any atom is -0.288 e. The van der Waals surface area contributed by atoms with E-state index in [1.54, 1.807) is 11.3 Å². The van der Waals surface area contributed by atoms with Gasteiger partial charge >= 0.3 is 0 Å². The molecule has 0 bridgehead atoms. The van der Waals surface area contributed by atoms with Crippen LogP contribution in [0.25, 0.3) is 0 Å². The van der Waals surface area contributed by atoms with E-state index in [-0.39, 0.29) is 5.78 Å². The van der Waals surface area contributed by atoms with Crippen molar-refractivity contribution in [1.29, 1.82) is 0 Å². The number of halogens is 1. The third kappa shape index (κ3) is 2.67. The smallest absolute Gasteiger partial charge is 0.204 e. The van der Waals surface area contributed by atoms with E-state index in [9.17, 15) is 4.79 Å². The van der Waals surface area contributed by atoms with Gasteiger partial charge in [-0.15, -0.1) is 11.3 Å². The van der Waals surface area contributed by atoms with Crippen LogP contribution in [0, 0.1) is 6.92 Å². The molecule has 2 aromatic rings. The van der Waals surface area contributed by atoms with Crippen molar-refractivity contribution in [3.8, 4) is 0 Å². The van der Waals surface area contributed by atoms with E-state index in [0.717, 1.165) is 26.9 Å². The lowest BCUT2D eigenvalue weighted by atomic mass is 10.1. The fourth-order valence-corrected chi connectivity index (χ4v) is 3.20. The van der Waals surface area contributed by atoms with Crippen molar-refractivity contribution in [2.24, 2.45) is 0 Å². The molecule has 0 amide bonds. The quantitative estimate of drug-likeness (QED) is 0.757. The van der Waals surface area contributed by atoms with Gasteiger partial charge < -0.3 is 0 Å². The van der Waals surface area contributed by atoms with E-state index < -0.39 is 0 Å². The Morgan fingerprint density at radius 1 is 1.29 bits per heavy atom. The summed E-state index contributed by atoms with van der Waals surface area (Å²) in [6, 6.07) is 9.76. The van der Waals surface area contributed by atoms with E-state index in [0.29, 0.717) is 0 Å². The van der Waals surface area contributed by atoms with Gasteiger partial charge in [0.2, 0.25) is 5.78 Å². The normalized spacial score (nSPS) is 10.5. The fraction of sp³-hybridized carbons (Fsp3) is 0.214. The van der Waals surface area contributed by atoms with Gasteiger partial charge in [-0.1, -0.05) is 28.9 Å². The molecule has 17 heavy (non-hydrogen) atoms. The van der Waals surface area contributed by atoms with Crippen molar-refractivity contribution < 1.29 is 4.79 Å². The molecule has 2 rings (SSSR count). The molecule has 0 spiro atoms. The van der Waals surface area contributed by atoms with Crippen molar-refractivity contribution in [3.63, 3.8) is 0 Å². The van der Waals surface area contributed by atoms with Crippen LogP contribution < -0.4 is 0 Å². The molecule has 88 valence electrons. The first-order valence-corrected chi connectivity index (χ1v) is 7.12. The summed E-state index contributed by atoms with van der Waals surface area (Å²) in [5, 5.41) is 0. The number of hydrogen-bond acceptors (Lipinski definition) is 2. The molecule has 3 heteroatoms. The van der Waals surface area contributed by atoms with E-state index in [1.165, 1.54) is 4.88 Å². The Labute approximate surface area is 114 Å². The molecule has 0 radical (unpaired) electrons. The van der Waals surface area contributed by atoms with E-state index in [1.807, 2.05) is 37.3 Å². The van der Waals surface area contributed by atoms with Crippen LogP contribution in [0.15, 0.2) is 34.8 Å². The summed E-state index contributed by atoms with van der Waals surface area (Å²) in [6.45, 7) is 4.11. The second-order valence-electron chi connectivity index (χ2n) is 3.93. The molecule has 1 aromatic carbocycles. The SMILES string of the molecule is CCc1ccc(C(=O)c2ccc(C)cc2Br)s1. The topological polar surface area (TPSA) is 17.1 Å². The number of aryl methyl sites for hydroxylation is 2. The Morgan fingerprint density at radius 2 is 2.06 bits per heavy atom. The molecule has 0 aliphatic rings. The Bertz CT molecular complexity index is 557. The average molecular weight is 309 g/mol. The number of benzene rings is 1. The Morgan fingerprint density at radius 3 is 2.65 bits per heavy atom. The third-order valence-corrected chi connectivity index (χ3v) is 4.49. The van der Waals surface area contributed by atoms with Gasteiger partial charge in [0.1, 0.15) is 0 Å². The first-order valence-electron chi connectivity index (χ1n) is 5.51. The molecule has 0 aliphatic heterocycles. The molecule has 0 N–H and O–H groups in total. The summed E-state index contributed by atoms with van der Waals surface area (Å²) in [5.74, 6) is 0.0987. The van der Waals surface area contributed by atoms with Crippen LogP contribution in [0.2, 0.25) is 0 Å². The van der Waals surface area contributed by atoms with Gasteiger partial charge in [-0.3, -0.25) is 4.79 Å². The maximum absolute atomic E-state index is 12.3. The van der Waals surface area contributed by atoms with E-state index >= 15 is 0 Å². The third-order valence-electron chi connectivity index (χ3n) is 2.60. The minimum absolute atomic E-state index is 0.0987. The van der Waals surface area contributed by atoms with Gasteiger partial charge in [-0.05, 0) is 43.2 Å². The van der Waals surface area contributed by atoms with Crippen LogP contribution in [0.1, 0.15) is 32.6 Å². The summed E-state index contributed by atoms with van der Waals surface area (Å²) >= 11 is 5.03. The molecule has 0 unspecified atom stereocenters. The summed E-state index contributed by atoms with van der Waals surface area (Å²) in [7, 11) is 0. The lowest BCUT2D eigenvalue weighted by Crippen LogP contribution is -1.99. The minimum atomic E-state index is 0.0987. The zero-order valence-electron chi connectivity index (χ0n) is 9.79. The van der Waals surface area contributed by atoms with Crippen LogP contribution >= 0.6 is 27.3 Å². The van der Waals surface area contributed by atoms with Crippen molar-refractivity contribution >= 4 is 33.0 Å². The van der Waals surface area contributed by atoms with Gasteiger partial charge in [-0.2, -0.15) is 0 Å². The molecule has 1 aromatic heterocycles. The lowest BCUT2D eigenvalue weighted by molar-refractivity contribution is 0.104. The summed E-state index contributed by atoms with van der Waals surface area (Å²) in [5.41, 5.74) is 1.88. The summed E-state index contributed by atoms with van der Waals surface area (Å²) < 4.78 is 0.869. The highest BCUT2D eigenvalue weighted by Gasteiger charge is 2.14. The number of rotatable bonds is 3. The average Bonchev–Trinajstić information content (AvgIpc) is 2.76.